The van der Waals surface area contributed by atoms with Crippen molar-refractivity contribution in [3.63, 3.8) is 0 Å². The summed E-state index contributed by atoms with van der Waals surface area (Å²) in [5.41, 5.74) is 2.31. The van der Waals surface area contributed by atoms with Gasteiger partial charge in [0.15, 0.2) is 0 Å². The van der Waals surface area contributed by atoms with Crippen LogP contribution < -0.4 is 0 Å². The van der Waals surface area contributed by atoms with Gasteiger partial charge in [0.1, 0.15) is 18.8 Å². The van der Waals surface area contributed by atoms with E-state index in [0.717, 1.165) is 11.1 Å². The van der Waals surface area contributed by atoms with Crippen LogP contribution in [0.5, 0.6) is 0 Å². The number of hydrogen-bond acceptors (Lipinski definition) is 3. The van der Waals surface area contributed by atoms with Crippen molar-refractivity contribution in [2.75, 3.05) is 6.61 Å². The first-order valence-corrected chi connectivity index (χ1v) is 6.97. The summed E-state index contributed by atoms with van der Waals surface area (Å²) in [5.74, 6) is 0. The Labute approximate surface area is 124 Å². The van der Waals surface area contributed by atoms with Gasteiger partial charge in [-0.15, -0.1) is 0 Å². The van der Waals surface area contributed by atoms with Crippen molar-refractivity contribution in [2.45, 2.75) is 12.6 Å². The predicted octanol–water partition coefficient (Wildman–Crippen LogP) is 3.08. The molecular weight excluding hydrogens is 262 g/mol. The lowest BCUT2D eigenvalue weighted by Gasteiger charge is -2.19. The fourth-order valence-electron chi connectivity index (χ4n) is 2.25. The van der Waals surface area contributed by atoms with Crippen molar-refractivity contribution in [2.24, 2.45) is 0 Å². The Hall–Kier alpha value is -2.46. The van der Waals surface area contributed by atoms with E-state index in [0.29, 0.717) is 13.2 Å². The minimum Gasteiger partial charge on any atom is -0.367 e. The fraction of sp³-hybridized carbons (Fsp3) is 0.176. The van der Waals surface area contributed by atoms with Crippen LogP contribution in [-0.4, -0.2) is 21.4 Å². The van der Waals surface area contributed by atoms with Crippen LogP contribution in [-0.2, 0) is 11.3 Å². The van der Waals surface area contributed by atoms with Crippen LogP contribution in [0.25, 0.3) is 0 Å². The molecular formula is C17H17N3O. The zero-order valence-electron chi connectivity index (χ0n) is 11.7. The zero-order valence-corrected chi connectivity index (χ0v) is 11.7. The molecule has 0 fully saturated rings. The van der Waals surface area contributed by atoms with Crippen molar-refractivity contribution in [3.05, 3.63) is 84.4 Å². The summed E-state index contributed by atoms with van der Waals surface area (Å²) in [7, 11) is 0. The monoisotopic (exact) mass is 279 g/mol. The number of hydrogen-bond donors (Lipinski definition) is 0. The van der Waals surface area contributed by atoms with Crippen LogP contribution >= 0.6 is 0 Å². The topological polar surface area (TPSA) is 39.9 Å². The molecule has 0 bridgehead atoms. The van der Waals surface area contributed by atoms with Gasteiger partial charge in [0.2, 0.25) is 0 Å². The molecule has 0 spiro atoms. The second-order valence-corrected chi connectivity index (χ2v) is 4.73. The largest absolute Gasteiger partial charge is 0.367 e. The Bertz CT molecular complexity index is 599. The lowest BCUT2D eigenvalue weighted by Crippen LogP contribution is -2.12. The summed E-state index contributed by atoms with van der Waals surface area (Å²) in [4.78, 5) is 3.93. The Morgan fingerprint density at radius 2 is 1.52 bits per heavy atom. The average molecular weight is 279 g/mol. The molecule has 3 aromatic rings. The van der Waals surface area contributed by atoms with Gasteiger partial charge < -0.3 is 4.74 Å². The first kappa shape index (κ1) is 13.5. The molecule has 0 aliphatic rings. The molecule has 21 heavy (non-hydrogen) atoms. The minimum absolute atomic E-state index is 0.0593. The molecule has 0 atom stereocenters. The maximum absolute atomic E-state index is 6.10. The highest BCUT2D eigenvalue weighted by Crippen LogP contribution is 2.25. The van der Waals surface area contributed by atoms with Gasteiger partial charge in [-0.2, -0.15) is 5.10 Å². The van der Waals surface area contributed by atoms with Crippen LogP contribution in [0.3, 0.4) is 0 Å². The molecule has 1 aromatic heterocycles. The third kappa shape index (κ3) is 3.55. The molecule has 1 heterocycles. The summed E-state index contributed by atoms with van der Waals surface area (Å²) >= 11 is 0. The van der Waals surface area contributed by atoms with Crippen LogP contribution in [0.2, 0.25) is 0 Å². The van der Waals surface area contributed by atoms with Crippen LogP contribution in [0.4, 0.5) is 0 Å². The molecule has 0 N–H and O–H groups in total. The minimum atomic E-state index is -0.0593. The van der Waals surface area contributed by atoms with Gasteiger partial charge in [-0.1, -0.05) is 60.7 Å². The number of rotatable bonds is 6. The van der Waals surface area contributed by atoms with Crippen molar-refractivity contribution in [1.29, 1.82) is 0 Å². The van der Waals surface area contributed by atoms with Gasteiger partial charge in [0.25, 0.3) is 0 Å². The van der Waals surface area contributed by atoms with Crippen LogP contribution in [0.15, 0.2) is 73.3 Å². The number of benzene rings is 2. The van der Waals surface area contributed by atoms with E-state index >= 15 is 0 Å². The molecule has 0 aliphatic heterocycles. The van der Waals surface area contributed by atoms with E-state index in [1.54, 1.807) is 11.0 Å². The van der Waals surface area contributed by atoms with E-state index < -0.39 is 0 Å². The Morgan fingerprint density at radius 1 is 0.905 bits per heavy atom. The van der Waals surface area contributed by atoms with E-state index in [2.05, 4.69) is 34.3 Å². The molecule has 4 nitrogen and oxygen atoms in total. The highest BCUT2D eigenvalue weighted by molar-refractivity contribution is 5.29. The standard InChI is InChI=1S/C17H17N3O/c1-3-7-15(8-4-1)17(16-9-5-2-6-10-16)21-12-11-20-14-18-13-19-20/h1-10,13-14,17H,11-12H2. The average Bonchev–Trinajstić information content (AvgIpc) is 3.07. The zero-order chi connectivity index (χ0) is 14.3. The second kappa shape index (κ2) is 6.81. The van der Waals surface area contributed by atoms with Crippen LogP contribution in [0, 0.1) is 0 Å². The predicted molar refractivity (Wildman–Crippen MR) is 80.7 cm³/mol. The summed E-state index contributed by atoms with van der Waals surface area (Å²) in [6.45, 7) is 1.27. The molecule has 0 radical (unpaired) electrons. The SMILES string of the molecule is c1ccc(C(OCCn2cncn2)c2ccccc2)cc1. The third-order valence-corrected chi connectivity index (χ3v) is 3.28. The molecule has 0 aliphatic carbocycles. The lowest BCUT2D eigenvalue weighted by molar-refractivity contribution is 0.0719. The summed E-state index contributed by atoms with van der Waals surface area (Å²) in [6, 6.07) is 20.5. The van der Waals surface area contributed by atoms with Gasteiger partial charge in [-0.25, -0.2) is 4.98 Å². The normalized spacial score (nSPS) is 10.9. The van der Waals surface area contributed by atoms with Gasteiger partial charge >= 0.3 is 0 Å². The molecule has 3 rings (SSSR count). The number of ether oxygens (including phenoxy) is 1. The smallest absolute Gasteiger partial charge is 0.137 e. The van der Waals surface area contributed by atoms with Gasteiger partial charge in [-0.05, 0) is 11.1 Å². The molecule has 4 heteroatoms. The summed E-state index contributed by atoms with van der Waals surface area (Å²) in [6.07, 6.45) is 3.17. The third-order valence-electron chi connectivity index (χ3n) is 3.28. The molecule has 0 saturated heterocycles. The second-order valence-electron chi connectivity index (χ2n) is 4.73. The van der Waals surface area contributed by atoms with E-state index in [1.165, 1.54) is 6.33 Å². The maximum atomic E-state index is 6.10. The molecule has 0 amide bonds. The number of nitrogens with zero attached hydrogens (tertiary/aromatic N) is 3. The lowest BCUT2D eigenvalue weighted by atomic mass is 10.0. The maximum Gasteiger partial charge on any atom is 0.137 e. The van der Waals surface area contributed by atoms with E-state index in [1.807, 2.05) is 36.4 Å². The molecule has 106 valence electrons. The first-order chi connectivity index (χ1) is 10.4. The Kier molecular flexibility index (Phi) is 4.39. The van der Waals surface area contributed by atoms with Crippen molar-refractivity contribution in [1.82, 2.24) is 14.8 Å². The van der Waals surface area contributed by atoms with E-state index in [4.69, 9.17) is 4.74 Å². The summed E-state index contributed by atoms with van der Waals surface area (Å²) in [5, 5.41) is 4.08. The highest BCUT2D eigenvalue weighted by atomic mass is 16.5. The van der Waals surface area contributed by atoms with E-state index in [-0.39, 0.29) is 6.10 Å². The first-order valence-electron chi connectivity index (χ1n) is 6.97. The van der Waals surface area contributed by atoms with Gasteiger partial charge in [0, 0.05) is 0 Å². The van der Waals surface area contributed by atoms with Gasteiger partial charge in [-0.3, -0.25) is 4.68 Å². The fourth-order valence-corrected chi connectivity index (χ4v) is 2.25. The molecule has 0 unspecified atom stereocenters. The van der Waals surface area contributed by atoms with Crippen molar-refractivity contribution >= 4 is 0 Å². The highest BCUT2D eigenvalue weighted by Gasteiger charge is 2.14. The summed E-state index contributed by atoms with van der Waals surface area (Å²) < 4.78 is 7.87. The quantitative estimate of drug-likeness (QED) is 0.696. The van der Waals surface area contributed by atoms with Crippen molar-refractivity contribution in [3.8, 4) is 0 Å². The van der Waals surface area contributed by atoms with Crippen LogP contribution in [0.1, 0.15) is 17.2 Å². The number of aromatic nitrogens is 3. The molecule has 2 aromatic carbocycles. The van der Waals surface area contributed by atoms with Crippen molar-refractivity contribution < 1.29 is 4.74 Å². The van der Waals surface area contributed by atoms with E-state index in [9.17, 15) is 0 Å². The molecule has 0 saturated carbocycles. The van der Waals surface area contributed by atoms with Gasteiger partial charge in [0.05, 0.1) is 13.2 Å². The Morgan fingerprint density at radius 3 is 2.05 bits per heavy atom. The Balaban J connectivity index is 1.73.